The van der Waals surface area contributed by atoms with Gasteiger partial charge in [0.2, 0.25) is 0 Å². The first-order valence-electron chi connectivity index (χ1n) is 1.34. The van der Waals surface area contributed by atoms with E-state index >= 15 is 0 Å². The quantitative estimate of drug-likeness (QED) is 0.371. The van der Waals surface area contributed by atoms with Gasteiger partial charge in [-0.2, -0.15) is 10.5 Å². The molecule has 0 N–H and O–H groups in total. The highest BCUT2D eigenvalue weighted by atomic mass is 32.2. The zero-order valence-corrected chi connectivity index (χ0v) is 3.51. The van der Waals surface area contributed by atoms with Crippen molar-refractivity contribution in [3.8, 4) is 0 Å². The van der Waals surface area contributed by atoms with Crippen LogP contribution in [0.15, 0.2) is 0 Å². The van der Waals surface area contributed by atoms with Crippen molar-refractivity contribution in [2.45, 2.75) is 0 Å². The van der Waals surface area contributed by atoms with Crippen LogP contribution in [0.2, 0.25) is 0 Å². The Hall–Kier alpha value is 0.220. The van der Waals surface area contributed by atoms with Crippen LogP contribution in [0, 0.1) is 0 Å². The zero-order valence-electron chi connectivity index (χ0n) is 2.69. The highest BCUT2D eigenvalue weighted by Gasteiger charge is 1.91. The first-order valence-corrected chi connectivity index (χ1v) is 3.21. The molecular weight excluding hydrogens is 68.1 g/mol. The monoisotopic (exact) mass is 74.0 g/mol. The summed E-state index contributed by atoms with van der Waals surface area (Å²) in [6, 6.07) is 0. The molecule has 0 aliphatic carbocycles. The molecule has 0 fully saturated rings. The predicted molar refractivity (Wildman–Crippen MR) is 24.4 cm³/mol. The standard InChI is InChI=1S/C3H6S/c1-4-2-3-4/h2H,3H2,1H3. The molecule has 0 aromatic rings. The Bertz CT molecular complexity index is 54.3. The fraction of sp³-hybridized carbons (Fsp3) is 0.667. The zero-order chi connectivity index (χ0) is 2.99. The smallest absolute Gasteiger partial charge is 0.0112 e. The molecule has 0 saturated heterocycles. The van der Waals surface area contributed by atoms with Gasteiger partial charge in [0, 0.05) is 5.75 Å². The molecule has 0 nitrogen and oxygen atoms in total. The van der Waals surface area contributed by atoms with E-state index in [-0.39, 0.29) is 0 Å². The molecule has 1 heteroatoms. The summed E-state index contributed by atoms with van der Waals surface area (Å²) in [6.07, 6.45) is 2.25. The normalized spacial score (nSPS) is 37.8. The molecule has 0 radical (unpaired) electrons. The van der Waals surface area contributed by atoms with E-state index in [1.165, 1.54) is 5.75 Å². The summed E-state index contributed by atoms with van der Waals surface area (Å²) in [5.41, 5.74) is 0. The Morgan fingerprint density at radius 3 is 2.25 bits per heavy atom. The van der Waals surface area contributed by atoms with Gasteiger partial charge in [0.25, 0.3) is 0 Å². The molecule has 0 amide bonds. The Morgan fingerprint density at radius 2 is 2.25 bits per heavy atom. The van der Waals surface area contributed by atoms with Crippen LogP contribution in [-0.2, 0) is 0 Å². The molecule has 24 valence electrons. The van der Waals surface area contributed by atoms with Crippen molar-refractivity contribution in [3.05, 3.63) is 0 Å². The van der Waals surface area contributed by atoms with Crippen molar-refractivity contribution in [2.24, 2.45) is 0 Å². The summed E-state index contributed by atoms with van der Waals surface area (Å²) < 4.78 is 0. The molecule has 1 heterocycles. The Labute approximate surface area is 28.8 Å². The SMILES string of the molecule is CS1=CC1. The summed E-state index contributed by atoms with van der Waals surface area (Å²) >= 11 is 0. The molecule has 0 spiro atoms. The van der Waals surface area contributed by atoms with Crippen LogP contribution in [0.1, 0.15) is 0 Å². The van der Waals surface area contributed by atoms with E-state index in [1.54, 1.807) is 0 Å². The maximum Gasteiger partial charge on any atom is 0.0112 e. The molecule has 1 aliphatic heterocycles. The lowest BCUT2D eigenvalue weighted by Gasteiger charge is -1.52. The van der Waals surface area contributed by atoms with Crippen molar-refractivity contribution < 1.29 is 0 Å². The molecular formula is C3H6S. The summed E-state index contributed by atoms with van der Waals surface area (Å²) in [7, 11) is 0.764. The van der Waals surface area contributed by atoms with Crippen LogP contribution in [0.3, 0.4) is 0 Å². The van der Waals surface area contributed by atoms with Crippen molar-refractivity contribution in [1.29, 1.82) is 0 Å². The third-order valence-corrected chi connectivity index (χ3v) is 1.50. The number of rotatable bonds is 0. The van der Waals surface area contributed by atoms with Crippen LogP contribution in [-0.4, -0.2) is 17.4 Å². The van der Waals surface area contributed by atoms with E-state index < -0.39 is 0 Å². The topological polar surface area (TPSA) is 0 Å². The lowest BCUT2D eigenvalue weighted by Crippen LogP contribution is -1.33. The van der Waals surface area contributed by atoms with Crippen LogP contribution in [0.25, 0.3) is 0 Å². The molecule has 0 aromatic carbocycles. The molecule has 0 saturated carbocycles. The van der Waals surface area contributed by atoms with Crippen molar-refractivity contribution in [1.82, 2.24) is 0 Å². The summed E-state index contributed by atoms with van der Waals surface area (Å²) in [4.78, 5) is 0. The second-order valence-corrected chi connectivity index (χ2v) is 3.07. The van der Waals surface area contributed by atoms with Gasteiger partial charge in [0.1, 0.15) is 0 Å². The van der Waals surface area contributed by atoms with Gasteiger partial charge < -0.3 is 0 Å². The average Bonchev–Trinajstić information content (AvgIpc) is 1.75. The van der Waals surface area contributed by atoms with Gasteiger partial charge >= 0.3 is 0 Å². The second-order valence-electron chi connectivity index (χ2n) is 1.02. The number of hydrogen-bond donors (Lipinski definition) is 0. The molecule has 1 aliphatic rings. The van der Waals surface area contributed by atoms with Crippen molar-refractivity contribution >= 4 is 15.9 Å². The van der Waals surface area contributed by atoms with Crippen LogP contribution in [0.4, 0.5) is 0 Å². The fourth-order valence-electron chi connectivity index (χ4n) is 0.0680. The highest BCUT2D eigenvalue weighted by molar-refractivity contribution is 8.22. The van der Waals surface area contributed by atoms with Gasteiger partial charge in [-0.1, -0.05) is 5.37 Å². The summed E-state index contributed by atoms with van der Waals surface area (Å²) in [5.74, 6) is 1.39. The minimum Gasteiger partial charge on any atom is -0.188 e. The maximum atomic E-state index is 2.32. The van der Waals surface area contributed by atoms with Crippen LogP contribution >= 0.6 is 10.5 Å². The average molecular weight is 74.1 g/mol. The third-order valence-electron chi connectivity index (χ3n) is 0.500. The van der Waals surface area contributed by atoms with E-state index in [4.69, 9.17) is 0 Å². The highest BCUT2D eigenvalue weighted by Crippen LogP contribution is 2.14. The van der Waals surface area contributed by atoms with Crippen LogP contribution in [0.5, 0.6) is 0 Å². The van der Waals surface area contributed by atoms with Gasteiger partial charge in [-0.3, -0.25) is 0 Å². The first-order chi connectivity index (χ1) is 1.89. The van der Waals surface area contributed by atoms with E-state index in [0.29, 0.717) is 0 Å². The van der Waals surface area contributed by atoms with Crippen molar-refractivity contribution in [2.75, 3.05) is 12.0 Å². The summed E-state index contributed by atoms with van der Waals surface area (Å²) in [5, 5.41) is 2.32. The minimum absolute atomic E-state index is 0.764. The van der Waals surface area contributed by atoms with Gasteiger partial charge in [-0.25, -0.2) is 0 Å². The fourth-order valence-corrected chi connectivity index (χ4v) is 0.612. The van der Waals surface area contributed by atoms with E-state index in [9.17, 15) is 0 Å². The van der Waals surface area contributed by atoms with E-state index in [1.807, 2.05) is 0 Å². The van der Waals surface area contributed by atoms with Crippen LogP contribution < -0.4 is 0 Å². The first kappa shape index (κ1) is 2.46. The predicted octanol–water partition coefficient (Wildman–Crippen LogP) is 0.701. The van der Waals surface area contributed by atoms with E-state index in [0.717, 1.165) is 10.5 Å². The van der Waals surface area contributed by atoms with Gasteiger partial charge in [-0.15, -0.1) is 0 Å². The molecule has 1 unspecified atom stereocenters. The van der Waals surface area contributed by atoms with Gasteiger partial charge in [0.05, 0.1) is 0 Å². The molecule has 1 rings (SSSR count). The number of hydrogen-bond acceptors (Lipinski definition) is 0. The molecule has 4 heavy (non-hydrogen) atoms. The minimum atomic E-state index is 0.764. The Morgan fingerprint density at radius 1 is 2.00 bits per heavy atom. The largest absolute Gasteiger partial charge is 0.188 e. The lowest BCUT2D eigenvalue weighted by atomic mass is 11.0. The van der Waals surface area contributed by atoms with E-state index in [2.05, 4.69) is 11.6 Å². The third kappa shape index (κ3) is 0.319. The maximum absolute atomic E-state index is 2.32. The molecule has 0 aromatic heterocycles. The Balaban J connectivity index is 2.54. The second kappa shape index (κ2) is 0.582. The summed E-state index contributed by atoms with van der Waals surface area (Å²) in [6.45, 7) is 0. The molecule has 0 bridgehead atoms. The van der Waals surface area contributed by atoms with Crippen molar-refractivity contribution in [3.63, 3.8) is 0 Å². The van der Waals surface area contributed by atoms with Gasteiger partial charge in [0.15, 0.2) is 0 Å². The lowest BCUT2D eigenvalue weighted by molar-refractivity contribution is 2.23. The van der Waals surface area contributed by atoms with Gasteiger partial charge in [-0.05, 0) is 6.26 Å². The molecule has 1 atom stereocenters. The Kier molecular flexibility index (Phi) is 0.358.